The number of aromatic nitrogens is 3. The Morgan fingerprint density at radius 1 is 1.26 bits per heavy atom. The van der Waals surface area contributed by atoms with E-state index in [4.69, 9.17) is 4.74 Å². The number of aryl methyl sites for hydroxylation is 1. The van der Waals surface area contributed by atoms with Crippen LogP contribution in [-0.2, 0) is 6.61 Å². The van der Waals surface area contributed by atoms with Gasteiger partial charge in [-0.3, -0.25) is 5.10 Å². The van der Waals surface area contributed by atoms with Crippen molar-refractivity contribution in [1.29, 1.82) is 0 Å². The van der Waals surface area contributed by atoms with E-state index in [-0.39, 0.29) is 6.61 Å². The third kappa shape index (κ3) is 2.15. The highest BCUT2D eigenvalue weighted by Crippen LogP contribution is 2.29. The zero-order valence-electron chi connectivity index (χ0n) is 10.4. The minimum Gasteiger partial charge on any atom is -0.418 e. The van der Waals surface area contributed by atoms with E-state index >= 15 is 0 Å². The van der Waals surface area contributed by atoms with Gasteiger partial charge in [-0.2, -0.15) is 0 Å². The minimum atomic E-state index is -0.0463. The Hall–Kier alpha value is -2.40. The maximum Gasteiger partial charge on any atom is 0.240 e. The summed E-state index contributed by atoms with van der Waals surface area (Å²) in [6.07, 6.45) is 1.62. The van der Waals surface area contributed by atoms with E-state index in [1.54, 1.807) is 12.3 Å². The van der Waals surface area contributed by atoms with Crippen molar-refractivity contribution in [1.82, 2.24) is 15.2 Å². The summed E-state index contributed by atoms with van der Waals surface area (Å²) in [5.41, 5.74) is 1.70. The van der Waals surface area contributed by atoms with Gasteiger partial charge in [0.2, 0.25) is 11.8 Å². The number of nitrogens with one attached hydrogen (secondary N) is 1. The highest BCUT2D eigenvalue weighted by Gasteiger charge is 2.09. The summed E-state index contributed by atoms with van der Waals surface area (Å²) in [6, 6.07) is 9.48. The summed E-state index contributed by atoms with van der Waals surface area (Å²) in [6.45, 7) is 1.86. The monoisotopic (exact) mass is 255 g/mol. The number of benzene rings is 1. The van der Waals surface area contributed by atoms with E-state index in [0.717, 1.165) is 22.0 Å². The first-order valence-electron chi connectivity index (χ1n) is 5.95. The number of ether oxygens (including phenoxy) is 1. The lowest BCUT2D eigenvalue weighted by Gasteiger charge is -2.08. The Labute approximate surface area is 109 Å². The van der Waals surface area contributed by atoms with Crippen LogP contribution in [0.1, 0.15) is 11.3 Å². The van der Waals surface area contributed by atoms with Crippen molar-refractivity contribution in [2.24, 2.45) is 0 Å². The smallest absolute Gasteiger partial charge is 0.240 e. The van der Waals surface area contributed by atoms with Gasteiger partial charge >= 0.3 is 0 Å². The Balaban J connectivity index is 2.09. The topological polar surface area (TPSA) is 71.0 Å². The maximum absolute atomic E-state index is 9.32. The normalized spacial score (nSPS) is 10.8. The average molecular weight is 255 g/mol. The van der Waals surface area contributed by atoms with Gasteiger partial charge in [0.05, 0.1) is 6.61 Å². The van der Waals surface area contributed by atoms with Gasteiger partial charge in [-0.15, -0.1) is 5.10 Å². The molecule has 5 heteroatoms. The minimum absolute atomic E-state index is 0.0463. The van der Waals surface area contributed by atoms with Crippen LogP contribution in [0.4, 0.5) is 0 Å². The molecule has 5 nitrogen and oxygen atoms in total. The highest BCUT2D eigenvalue weighted by atomic mass is 16.5. The van der Waals surface area contributed by atoms with Crippen molar-refractivity contribution in [3.8, 4) is 11.8 Å². The van der Waals surface area contributed by atoms with Crippen LogP contribution in [-0.4, -0.2) is 20.3 Å². The van der Waals surface area contributed by atoms with Crippen LogP contribution in [0, 0.1) is 6.92 Å². The Bertz CT molecular complexity index is 722. The summed E-state index contributed by atoms with van der Waals surface area (Å²) >= 11 is 0. The predicted molar refractivity (Wildman–Crippen MR) is 71.1 cm³/mol. The van der Waals surface area contributed by atoms with E-state index in [2.05, 4.69) is 15.2 Å². The van der Waals surface area contributed by atoms with E-state index in [1.807, 2.05) is 31.2 Å². The Morgan fingerprint density at radius 3 is 2.74 bits per heavy atom. The van der Waals surface area contributed by atoms with Crippen molar-refractivity contribution < 1.29 is 9.84 Å². The molecule has 19 heavy (non-hydrogen) atoms. The fourth-order valence-electron chi connectivity index (χ4n) is 1.98. The fraction of sp³-hybridized carbons (Fsp3) is 0.143. The third-order valence-corrected chi connectivity index (χ3v) is 2.90. The second-order valence-electron chi connectivity index (χ2n) is 4.28. The predicted octanol–water partition coefficient (Wildman–Crippen LogP) is 2.55. The van der Waals surface area contributed by atoms with Crippen LogP contribution in [0.3, 0.4) is 0 Å². The zero-order valence-corrected chi connectivity index (χ0v) is 10.4. The van der Waals surface area contributed by atoms with Gasteiger partial charge in [-0.05, 0) is 18.4 Å². The van der Waals surface area contributed by atoms with Gasteiger partial charge in [-0.1, -0.05) is 18.2 Å². The zero-order chi connectivity index (χ0) is 13.2. The molecule has 0 bridgehead atoms. The van der Waals surface area contributed by atoms with E-state index in [9.17, 15) is 5.11 Å². The summed E-state index contributed by atoms with van der Waals surface area (Å²) in [5, 5.41) is 18.0. The molecule has 0 saturated carbocycles. The molecule has 0 aliphatic heterocycles. The molecule has 0 aliphatic carbocycles. The Morgan fingerprint density at radius 2 is 2.05 bits per heavy atom. The van der Waals surface area contributed by atoms with Crippen molar-refractivity contribution in [2.45, 2.75) is 13.5 Å². The van der Waals surface area contributed by atoms with Crippen LogP contribution in [0.2, 0.25) is 0 Å². The van der Waals surface area contributed by atoms with E-state index in [1.165, 1.54) is 0 Å². The van der Waals surface area contributed by atoms with Crippen molar-refractivity contribution in [3.63, 3.8) is 0 Å². The molecule has 2 aromatic heterocycles. The highest BCUT2D eigenvalue weighted by molar-refractivity contribution is 5.89. The average Bonchev–Trinajstić information content (AvgIpc) is 2.85. The molecule has 3 rings (SSSR count). The first-order valence-corrected chi connectivity index (χ1v) is 5.95. The van der Waals surface area contributed by atoms with E-state index in [0.29, 0.717) is 11.8 Å². The van der Waals surface area contributed by atoms with Gasteiger partial charge in [0.15, 0.2) is 0 Å². The molecule has 0 fully saturated rings. The first kappa shape index (κ1) is 11.7. The van der Waals surface area contributed by atoms with Gasteiger partial charge in [0.1, 0.15) is 0 Å². The summed E-state index contributed by atoms with van der Waals surface area (Å²) in [4.78, 5) is 4.25. The van der Waals surface area contributed by atoms with Gasteiger partial charge in [0.25, 0.3) is 0 Å². The van der Waals surface area contributed by atoms with Crippen LogP contribution in [0.25, 0.3) is 10.8 Å². The summed E-state index contributed by atoms with van der Waals surface area (Å²) in [5.74, 6) is 0.964. The Kier molecular flexibility index (Phi) is 2.89. The van der Waals surface area contributed by atoms with Gasteiger partial charge in [-0.25, -0.2) is 4.98 Å². The number of hydrogen-bond donors (Lipinski definition) is 2. The van der Waals surface area contributed by atoms with Crippen LogP contribution in [0.15, 0.2) is 36.5 Å². The molecule has 1 aromatic carbocycles. The number of pyridine rings is 1. The number of fused-ring (bicyclic) bond motifs is 1. The van der Waals surface area contributed by atoms with E-state index < -0.39 is 0 Å². The summed E-state index contributed by atoms with van der Waals surface area (Å²) < 4.78 is 5.68. The number of aliphatic hydroxyl groups is 1. The summed E-state index contributed by atoms with van der Waals surface area (Å²) in [7, 11) is 0. The molecule has 0 unspecified atom stereocenters. The van der Waals surface area contributed by atoms with Gasteiger partial charge in [0, 0.05) is 28.9 Å². The largest absolute Gasteiger partial charge is 0.418 e. The SMILES string of the molecule is Cc1cc(Oc2ncc(CO)c3ccccc23)n[nH]1. The molecule has 0 aliphatic rings. The second kappa shape index (κ2) is 4.70. The van der Waals surface area contributed by atoms with Crippen molar-refractivity contribution in [3.05, 3.63) is 47.8 Å². The molecule has 2 N–H and O–H groups in total. The molecule has 0 spiro atoms. The molecule has 3 aromatic rings. The molecule has 96 valence electrons. The number of aromatic amines is 1. The number of nitrogens with zero attached hydrogens (tertiary/aromatic N) is 2. The first-order chi connectivity index (χ1) is 9.28. The maximum atomic E-state index is 9.32. The number of H-pyrrole nitrogens is 1. The number of aliphatic hydroxyl groups excluding tert-OH is 1. The quantitative estimate of drug-likeness (QED) is 0.754. The lowest BCUT2D eigenvalue weighted by atomic mass is 10.1. The molecular formula is C14H13N3O2. The molecular weight excluding hydrogens is 242 g/mol. The molecule has 2 heterocycles. The standard InChI is InChI=1S/C14H13N3O2/c1-9-6-13(17-16-9)19-14-12-5-3-2-4-11(12)10(8-18)7-15-14/h2-7,18H,8H2,1H3,(H,16,17). The van der Waals surface area contributed by atoms with Crippen LogP contribution < -0.4 is 4.74 Å². The molecule has 0 saturated heterocycles. The molecule has 0 radical (unpaired) electrons. The second-order valence-corrected chi connectivity index (χ2v) is 4.28. The number of hydrogen-bond acceptors (Lipinski definition) is 4. The third-order valence-electron chi connectivity index (χ3n) is 2.90. The lowest BCUT2D eigenvalue weighted by molar-refractivity contribution is 0.282. The number of rotatable bonds is 3. The lowest BCUT2D eigenvalue weighted by Crippen LogP contribution is -1.94. The van der Waals surface area contributed by atoms with Crippen molar-refractivity contribution >= 4 is 10.8 Å². The molecule has 0 amide bonds. The van der Waals surface area contributed by atoms with Crippen molar-refractivity contribution in [2.75, 3.05) is 0 Å². The van der Waals surface area contributed by atoms with Crippen LogP contribution >= 0.6 is 0 Å². The molecule has 0 atom stereocenters. The van der Waals surface area contributed by atoms with Gasteiger partial charge < -0.3 is 9.84 Å². The van der Waals surface area contributed by atoms with Crippen LogP contribution in [0.5, 0.6) is 11.8 Å². The fourth-order valence-corrected chi connectivity index (χ4v) is 1.98.